The van der Waals surface area contributed by atoms with Gasteiger partial charge in [0.1, 0.15) is 0 Å². The molecule has 15 heavy (non-hydrogen) atoms. The second-order valence-electron chi connectivity index (χ2n) is 3.72. The molecule has 1 aliphatic rings. The van der Waals surface area contributed by atoms with Crippen LogP contribution in [0.2, 0.25) is 0 Å². The molecule has 0 radical (unpaired) electrons. The second kappa shape index (κ2) is 8.72. The maximum absolute atomic E-state index is 11.2. The average Bonchev–Trinajstić information content (AvgIpc) is 2.80. The van der Waals surface area contributed by atoms with Crippen molar-refractivity contribution in [1.29, 1.82) is 0 Å². The van der Waals surface area contributed by atoms with Crippen LogP contribution in [0.15, 0.2) is 0 Å². The molecule has 0 unspecified atom stereocenters. The third-order valence-electron chi connectivity index (χ3n) is 2.68. The Morgan fingerprint density at radius 1 is 1.27 bits per heavy atom. The van der Waals surface area contributed by atoms with Crippen molar-refractivity contribution in [3.8, 4) is 0 Å². The highest BCUT2D eigenvalue weighted by atomic mass is 16.2. The minimum absolute atomic E-state index is 0.249. The lowest BCUT2D eigenvalue weighted by molar-refractivity contribution is -0.129. The van der Waals surface area contributed by atoms with Gasteiger partial charge in [0.15, 0.2) is 0 Å². The van der Waals surface area contributed by atoms with Crippen molar-refractivity contribution in [3.05, 3.63) is 0 Å². The van der Waals surface area contributed by atoms with Gasteiger partial charge in [-0.15, -0.1) is 0 Å². The maximum Gasteiger partial charge on any atom is 0.222 e. The van der Waals surface area contributed by atoms with Crippen molar-refractivity contribution in [2.24, 2.45) is 0 Å². The van der Waals surface area contributed by atoms with Crippen LogP contribution in [0.3, 0.4) is 0 Å². The highest BCUT2D eigenvalue weighted by Crippen LogP contribution is 2.06. The normalized spacial score (nSPS) is 15.7. The lowest BCUT2D eigenvalue weighted by atomic mass is 10.4. The summed E-state index contributed by atoms with van der Waals surface area (Å²) in [7, 11) is 1.89. The number of likely N-dealkylation sites (N-methyl/N-ethyl adjacent to an activating group) is 1. The molecule has 3 heteroatoms. The second-order valence-corrected chi connectivity index (χ2v) is 3.72. The first kappa shape index (κ1) is 14.4. The smallest absolute Gasteiger partial charge is 0.222 e. The van der Waals surface area contributed by atoms with E-state index in [4.69, 9.17) is 0 Å². The first-order valence-corrected chi connectivity index (χ1v) is 6.20. The first-order chi connectivity index (χ1) is 7.24. The van der Waals surface area contributed by atoms with Gasteiger partial charge in [-0.2, -0.15) is 0 Å². The lowest BCUT2D eigenvalue weighted by Crippen LogP contribution is -2.34. The minimum Gasteiger partial charge on any atom is -0.344 e. The number of amides is 1. The molecule has 0 aliphatic carbocycles. The predicted molar refractivity (Wildman–Crippen MR) is 65.0 cm³/mol. The van der Waals surface area contributed by atoms with E-state index in [9.17, 15) is 4.79 Å². The number of carbonyl (C=O) groups excluding carboxylic acids is 1. The molecule has 0 bridgehead atoms. The van der Waals surface area contributed by atoms with E-state index in [2.05, 4.69) is 4.90 Å². The lowest BCUT2D eigenvalue weighted by Gasteiger charge is -2.20. The Hall–Kier alpha value is -0.570. The molecule has 1 amide bonds. The molecule has 0 saturated carbocycles. The maximum atomic E-state index is 11.2. The van der Waals surface area contributed by atoms with E-state index >= 15 is 0 Å². The third kappa shape index (κ3) is 5.78. The Labute approximate surface area is 94.4 Å². The van der Waals surface area contributed by atoms with Crippen molar-refractivity contribution in [1.82, 2.24) is 9.80 Å². The molecule has 1 heterocycles. The predicted octanol–water partition coefficient (Wildman–Crippen LogP) is 1.98. The molecule has 1 rings (SSSR count). The van der Waals surface area contributed by atoms with Crippen LogP contribution in [0.5, 0.6) is 0 Å². The van der Waals surface area contributed by atoms with E-state index in [1.54, 1.807) is 0 Å². The highest BCUT2D eigenvalue weighted by Gasteiger charge is 2.12. The molecule has 0 atom stereocenters. The summed E-state index contributed by atoms with van der Waals surface area (Å²) in [6.45, 7) is 10.3. The summed E-state index contributed by atoms with van der Waals surface area (Å²) in [5, 5.41) is 0. The van der Waals surface area contributed by atoms with E-state index < -0.39 is 0 Å². The molecular formula is C12H26N2O. The van der Waals surface area contributed by atoms with Gasteiger partial charge in [-0.3, -0.25) is 4.79 Å². The third-order valence-corrected chi connectivity index (χ3v) is 2.68. The Balaban J connectivity index is 0.000000921. The molecule has 0 aromatic heterocycles. The molecule has 0 spiro atoms. The number of likely N-dealkylation sites (tertiary alicyclic amines) is 1. The van der Waals surface area contributed by atoms with Crippen molar-refractivity contribution in [3.63, 3.8) is 0 Å². The van der Waals surface area contributed by atoms with Crippen LogP contribution in [0.1, 0.15) is 40.0 Å². The molecule has 0 aromatic carbocycles. The van der Waals surface area contributed by atoms with Crippen LogP contribution in [0, 0.1) is 0 Å². The van der Waals surface area contributed by atoms with Crippen LogP contribution in [0.25, 0.3) is 0 Å². The van der Waals surface area contributed by atoms with Gasteiger partial charge in [0.2, 0.25) is 5.91 Å². The molecule has 1 aliphatic heterocycles. The summed E-state index contributed by atoms with van der Waals surface area (Å²) < 4.78 is 0. The Morgan fingerprint density at radius 2 is 1.80 bits per heavy atom. The van der Waals surface area contributed by atoms with E-state index in [0.717, 1.165) is 13.1 Å². The van der Waals surface area contributed by atoms with Crippen LogP contribution in [-0.4, -0.2) is 48.9 Å². The van der Waals surface area contributed by atoms with E-state index in [0.29, 0.717) is 6.42 Å². The molecule has 3 nitrogen and oxygen atoms in total. The fourth-order valence-corrected chi connectivity index (χ4v) is 1.69. The van der Waals surface area contributed by atoms with Gasteiger partial charge in [0.25, 0.3) is 0 Å². The van der Waals surface area contributed by atoms with Crippen LogP contribution < -0.4 is 0 Å². The molecular weight excluding hydrogens is 188 g/mol. The number of nitrogens with zero attached hydrogens (tertiary/aromatic N) is 2. The molecule has 0 aromatic rings. The zero-order valence-corrected chi connectivity index (χ0v) is 10.8. The van der Waals surface area contributed by atoms with E-state index in [-0.39, 0.29) is 5.91 Å². The summed E-state index contributed by atoms with van der Waals surface area (Å²) in [6.07, 6.45) is 3.27. The van der Waals surface area contributed by atoms with Gasteiger partial charge in [-0.05, 0) is 25.9 Å². The zero-order chi connectivity index (χ0) is 11.7. The zero-order valence-electron chi connectivity index (χ0n) is 10.8. The summed E-state index contributed by atoms with van der Waals surface area (Å²) in [5.74, 6) is 0.249. The van der Waals surface area contributed by atoms with Crippen molar-refractivity contribution in [2.45, 2.75) is 40.0 Å². The topological polar surface area (TPSA) is 23.6 Å². The summed E-state index contributed by atoms with van der Waals surface area (Å²) in [4.78, 5) is 15.5. The van der Waals surface area contributed by atoms with Gasteiger partial charge in [0.05, 0.1) is 0 Å². The summed E-state index contributed by atoms with van der Waals surface area (Å²) in [6, 6.07) is 0. The molecule has 0 N–H and O–H groups in total. The van der Waals surface area contributed by atoms with Crippen LogP contribution in [0.4, 0.5) is 0 Å². The SMILES string of the molecule is CC.CCC(=O)N(C)CCN1CCCC1. The van der Waals surface area contributed by atoms with Crippen LogP contribution in [-0.2, 0) is 4.79 Å². The van der Waals surface area contributed by atoms with E-state index in [1.807, 2.05) is 32.7 Å². The summed E-state index contributed by atoms with van der Waals surface area (Å²) >= 11 is 0. The van der Waals surface area contributed by atoms with Gasteiger partial charge in [-0.1, -0.05) is 20.8 Å². The number of carbonyl (C=O) groups is 1. The fourth-order valence-electron chi connectivity index (χ4n) is 1.69. The molecule has 90 valence electrons. The number of hydrogen-bond donors (Lipinski definition) is 0. The highest BCUT2D eigenvalue weighted by molar-refractivity contribution is 5.75. The van der Waals surface area contributed by atoms with Crippen molar-refractivity contribution in [2.75, 3.05) is 33.2 Å². The van der Waals surface area contributed by atoms with Gasteiger partial charge >= 0.3 is 0 Å². The first-order valence-electron chi connectivity index (χ1n) is 6.20. The quantitative estimate of drug-likeness (QED) is 0.714. The average molecular weight is 214 g/mol. The number of hydrogen-bond acceptors (Lipinski definition) is 2. The molecule has 1 fully saturated rings. The summed E-state index contributed by atoms with van der Waals surface area (Å²) in [5.41, 5.74) is 0. The molecule has 1 saturated heterocycles. The van der Waals surface area contributed by atoms with Gasteiger partial charge < -0.3 is 9.80 Å². The largest absolute Gasteiger partial charge is 0.344 e. The monoisotopic (exact) mass is 214 g/mol. The Morgan fingerprint density at radius 3 is 2.27 bits per heavy atom. The Bertz CT molecular complexity index is 165. The Kier molecular flexibility index (Phi) is 8.38. The van der Waals surface area contributed by atoms with Gasteiger partial charge in [0, 0.05) is 26.6 Å². The van der Waals surface area contributed by atoms with Gasteiger partial charge in [-0.25, -0.2) is 0 Å². The fraction of sp³-hybridized carbons (Fsp3) is 0.917. The van der Waals surface area contributed by atoms with Crippen molar-refractivity contribution >= 4 is 5.91 Å². The van der Waals surface area contributed by atoms with Crippen molar-refractivity contribution < 1.29 is 4.79 Å². The minimum atomic E-state index is 0.249. The number of rotatable bonds is 4. The van der Waals surface area contributed by atoms with Crippen LogP contribution >= 0.6 is 0 Å². The standard InChI is InChI=1S/C10H20N2O.C2H6/c1-3-10(13)11(2)8-9-12-6-4-5-7-12;1-2/h3-9H2,1-2H3;1-2H3. The van der Waals surface area contributed by atoms with E-state index in [1.165, 1.54) is 25.9 Å².